The van der Waals surface area contributed by atoms with Crippen LogP contribution < -0.4 is 0 Å². The van der Waals surface area contributed by atoms with Gasteiger partial charge in [0, 0.05) is 24.0 Å². The van der Waals surface area contributed by atoms with Crippen LogP contribution in [0.25, 0.3) is 0 Å². The van der Waals surface area contributed by atoms with Crippen LogP contribution in [-0.4, -0.2) is 53.7 Å². The van der Waals surface area contributed by atoms with Crippen molar-refractivity contribution in [3.63, 3.8) is 0 Å². The zero-order chi connectivity index (χ0) is 20.4. The van der Waals surface area contributed by atoms with E-state index in [1.165, 1.54) is 16.1 Å². The molecule has 0 saturated carbocycles. The van der Waals surface area contributed by atoms with Crippen molar-refractivity contribution in [2.45, 2.75) is 50.6 Å². The highest BCUT2D eigenvalue weighted by molar-refractivity contribution is 7.88. The molecule has 0 amide bonds. The largest absolute Gasteiger partial charge is 0.423 e. The fraction of sp³-hybridized carbons (Fsp3) is 0.600. The van der Waals surface area contributed by atoms with Gasteiger partial charge in [0.05, 0.1) is 6.26 Å². The van der Waals surface area contributed by atoms with E-state index < -0.39 is 10.0 Å². The molecule has 1 aromatic heterocycles. The molecule has 2 fully saturated rings. The lowest BCUT2D eigenvalue weighted by Gasteiger charge is -2.31. The van der Waals surface area contributed by atoms with Crippen molar-refractivity contribution < 1.29 is 12.8 Å². The summed E-state index contributed by atoms with van der Waals surface area (Å²) in [5.74, 6) is 1.30. The predicted octanol–water partition coefficient (Wildman–Crippen LogP) is 3.59. The SMILES string of the molecule is CS(=O)(=O)N1CCCC[C@@H]1c1nnc(C2CCN(Cc3cccc(Cl)c3)CC2)o1. The Bertz CT molecular complexity index is 941. The van der Waals surface area contributed by atoms with Crippen molar-refractivity contribution in [1.82, 2.24) is 19.4 Å². The van der Waals surface area contributed by atoms with Crippen molar-refractivity contribution in [1.29, 1.82) is 0 Å². The van der Waals surface area contributed by atoms with Gasteiger partial charge in [0.2, 0.25) is 21.8 Å². The first-order chi connectivity index (χ1) is 13.9. The van der Waals surface area contributed by atoms with E-state index in [1.54, 1.807) is 0 Å². The number of halogens is 1. The number of nitrogens with zero attached hydrogens (tertiary/aromatic N) is 4. The second-order valence-electron chi connectivity index (χ2n) is 8.04. The molecule has 158 valence electrons. The molecule has 0 aliphatic carbocycles. The van der Waals surface area contributed by atoms with Crippen molar-refractivity contribution in [2.24, 2.45) is 0 Å². The third-order valence-corrected chi connectivity index (χ3v) is 7.38. The molecule has 2 aliphatic heterocycles. The van der Waals surface area contributed by atoms with Gasteiger partial charge in [-0.25, -0.2) is 8.42 Å². The van der Waals surface area contributed by atoms with Crippen LogP contribution in [0.1, 0.15) is 61.4 Å². The second-order valence-corrected chi connectivity index (χ2v) is 10.4. The number of hydrogen-bond donors (Lipinski definition) is 0. The Morgan fingerprint density at radius 2 is 1.86 bits per heavy atom. The van der Waals surface area contributed by atoms with E-state index in [9.17, 15) is 8.42 Å². The molecule has 0 unspecified atom stereocenters. The molecule has 4 rings (SSSR count). The number of aromatic nitrogens is 2. The van der Waals surface area contributed by atoms with Gasteiger partial charge in [0.1, 0.15) is 6.04 Å². The molecule has 9 heteroatoms. The summed E-state index contributed by atoms with van der Waals surface area (Å²) in [4.78, 5) is 2.41. The van der Waals surface area contributed by atoms with Gasteiger partial charge in [-0.15, -0.1) is 10.2 Å². The minimum Gasteiger partial charge on any atom is -0.423 e. The maximum absolute atomic E-state index is 12.1. The Morgan fingerprint density at radius 1 is 1.10 bits per heavy atom. The van der Waals surface area contributed by atoms with E-state index >= 15 is 0 Å². The summed E-state index contributed by atoms with van der Waals surface area (Å²) in [6.07, 6.45) is 5.71. The van der Waals surface area contributed by atoms with E-state index in [1.807, 2.05) is 18.2 Å². The highest BCUT2D eigenvalue weighted by Crippen LogP contribution is 2.34. The van der Waals surface area contributed by atoms with Crippen LogP contribution >= 0.6 is 11.6 Å². The predicted molar refractivity (Wildman–Crippen MR) is 111 cm³/mol. The monoisotopic (exact) mass is 438 g/mol. The lowest BCUT2D eigenvalue weighted by atomic mass is 9.96. The van der Waals surface area contributed by atoms with E-state index in [-0.39, 0.29) is 12.0 Å². The van der Waals surface area contributed by atoms with Crippen LogP contribution in [0, 0.1) is 0 Å². The Kier molecular flexibility index (Phi) is 6.24. The van der Waals surface area contributed by atoms with Gasteiger partial charge >= 0.3 is 0 Å². The summed E-state index contributed by atoms with van der Waals surface area (Å²) in [5.41, 5.74) is 1.22. The smallest absolute Gasteiger partial charge is 0.234 e. The molecule has 7 nitrogen and oxygen atoms in total. The Labute approximate surface area is 177 Å². The maximum Gasteiger partial charge on any atom is 0.234 e. The Morgan fingerprint density at radius 3 is 2.59 bits per heavy atom. The van der Waals surface area contributed by atoms with Crippen LogP contribution in [0.2, 0.25) is 5.02 Å². The number of hydrogen-bond acceptors (Lipinski definition) is 6. The second kappa shape index (κ2) is 8.71. The fourth-order valence-corrected chi connectivity index (χ4v) is 5.66. The summed E-state index contributed by atoms with van der Waals surface area (Å²) in [6.45, 7) is 3.30. The van der Waals surface area contributed by atoms with E-state index in [0.717, 1.165) is 56.8 Å². The summed E-state index contributed by atoms with van der Waals surface area (Å²) < 4.78 is 31.7. The molecule has 0 bridgehead atoms. The molecule has 2 aliphatic rings. The molecule has 2 aromatic rings. The van der Waals surface area contributed by atoms with Gasteiger partial charge < -0.3 is 4.42 Å². The molecular weight excluding hydrogens is 412 g/mol. The van der Waals surface area contributed by atoms with Crippen LogP contribution in [0.15, 0.2) is 28.7 Å². The minimum atomic E-state index is -3.29. The van der Waals surface area contributed by atoms with Crippen molar-refractivity contribution in [3.05, 3.63) is 46.6 Å². The molecular formula is C20H27ClN4O3S. The van der Waals surface area contributed by atoms with Gasteiger partial charge in [-0.1, -0.05) is 30.2 Å². The summed E-state index contributed by atoms with van der Waals surface area (Å²) >= 11 is 6.08. The third-order valence-electron chi connectivity index (χ3n) is 5.85. The average molecular weight is 439 g/mol. The van der Waals surface area contributed by atoms with Crippen molar-refractivity contribution in [2.75, 3.05) is 25.9 Å². The molecule has 3 heterocycles. The molecule has 1 atom stereocenters. The van der Waals surface area contributed by atoms with E-state index in [4.69, 9.17) is 16.0 Å². The van der Waals surface area contributed by atoms with Crippen LogP contribution in [-0.2, 0) is 16.6 Å². The number of piperidine rings is 2. The highest BCUT2D eigenvalue weighted by Gasteiger charge is 2.35. The first-order valence-corrected chi connectivity index (χ1v) is 12.4. The third kappa shape index (κ3) is 4.99. The first-order valence-electron chi connectivity index (χ1n) is 10.2. The zero-order valence-electron chi connectivity index (χ0n) is 16.6. The van der Waals surface area contributed by atoms with Gasteiger partial charge in [0.25, 0.3) is 0 Å². The molecule has 0 radical (unpaired) electrons. The van der Waals surface area contributed by atoms with Crippen LogP contribution in [0.5, 0.6) is 0 Å². The van der Waals surface area contributed by atoms with Gasteiger partial charge in [-0.05, 0) is 56.5 Å². The standard InChI is InChI=1S/C20H27ClN4O3S/c1-29(26,27)25-10-3-2-7-18(25)20-23-22-19(28-20)16-8-11-24(12-9-16)14-15-5-4-6-17(21)13-15/h4-6,13,16,18H,2-3,7-12,14H2,1H3/t18-/m1/s1. The molecule has 29 heavy (non-hydrogen) atoms. The minimum absolute atomic E-state index is 0.224. The summed E-state index contributed by atoms with van der Waals surface area (Å²) in [7, 11) is -3.29. The number of rotatable bonds is 5. The molecule has 0 N–H and O–H groups in total. The van der Waals surface area contributed by atoms with Crippen LogP contribution in [0.4, 0.5) is 0 Å². The van der Waals surface area contributed by atoms with E-state index in [0.29, 0.717) is 18.3 Å². The topological polar surface area (TPSA) is 79.5 Å². The Balaban J connectivity index is 1.38. The highest BCUT2D eigenvalue weighted by atomic mass is 35.5. The van der Waals surface area contributed by atoms with Crippen molar-refractivity contribution in [3.8, 4) is 0 Å². The lowest BCUT2D eigenvalue weighted by Crippen LogP contribution is -2.37. The first kappa shape index (κ1) is 20.8. The quantitative estimate of drug-likeness (QED) is 0.709. The normalized spacial score (nSPS) is 22.8. The zero-order valence-corrected chi connectivity index (χ0v) is 18.2. The van der Waals surface area contributed by atoms with Crippen LogP contribution in [0.3, 0.4) is 0 Å². The van der Waals surface area contributed by atoms with Gasteiger partial charge in [-0.3, -0.25) is 4.90 Å². The fourth-order valence-electron chi connectivity index (χ4n) is 4.33. The Hall–Kier alpha value is -1.48. The number of likely N-dealkylation sites (tertiary alicyclic amines) is 1. The lowest BCUT2D eigenvalue weighted by molar-refractivity contribution is 0.184. The number of sulfonamides is 1. The molecule has 0 spiro atoms. The summed E-state index contributed by atoms with van der Waals surface area (Å²) in [6, 6.07) is 7.65. The number of benzene rings is 1. The van der Waals surface area contributed by atoms with Crippen molar-refractivity contribution >= 4 is 21.6 Å². The van der Waals surface area contributed by atoms with Gasteiger partial charge in [0.15, 0.2) is 0 Å². The molecule has 2 saturated heterocycles. The summed E-state index contributed by atoms with van der Waals surface area (Å²) in [5, 5.41) is 9.27. The molecule has 1 aromatic carbocycles. The average Bonchev–Trinajstić information content (AvgIpc) is 3.18. The van der Waals surface area contributed by atoms with Gasteiger partial charge in [-0.2, -0.15) is 4.31 Å². The van der Waals surface area contributed by atoms with E-state index in [2.05, 4.69) is 21.2 Å². The maximum atomic E-state index is 12.1.